The smallest absolute Gasteiger partial charge is 0.241 e. The van der Waals surface area contributed by atoms with E-state index in [1.54, 1.807) is 28.8 Å². The number of carbonyl (C=O) groups excluding carboxylic acids is 1. The van der Waals surface area contributed by atoms with E-state index in [2.05, 4.69) is 20.7 Å². The van der Waals surface area contributed by atoms with E-state index in [1.165, 1.54) is 12.1 Å². The molecule has 1 N–H and O–H groups in total. The first-order chi connectivity index (χ1) is 11.4. The molecular formula is C15H21BrN2O4S2. The van der Waals surface area contributed by atoms with Crippen molar-refractivity contribution in [1.82, 2.24) is 9.62 Å². The third kappa shape index (κ3) is 5.45. The summed E-state index contributed by atoms with van der Waals surface area (Å²) < 4.78 is 33.8. The number of rotatable bonds is 7. The molecule has 1 aromatic rings. The van der Waals surface area contributed by atoms with Gasteiger partial charge in [-0.1, -0.05) is 15.9 Å². The summed E-state index contributed by atoms with van der Waals surface area (Å²) in [6.45, 7) is 1.96. The van der Waals surface area contributed by atoms with Crippen LogP contribution in [-0.2, 0) is 19.6 Å². The van der Waals surface area contributed by atoms with Crippen molar-refractivity contribution < 1.29 is 17.9 Å². The number of sulfonamides is 1. The van der Waals surface area contributed by atoms with Gasteiger partial charge in [0.05, 0.1) is 18.1 Å². The van der Waals surface area contributed by atoms with E-state index in [1.807, 2.05) is 6.26 Å². The van der Waals surface area contributed by atoms with Crippen molar-refractivity contribution in [3.05, 3.63) is 28.7 Å². The Morgan fingerprint density at radius 1 is 1.33 bits per heavy atom. The van der Waals surface area contributed by atoms with Crippen LogP contribution < -0.4 is 4.72 Å². The largest absolute Gasteiger partial charge is 0.378 e. The first-order valence-electron chi connectivity index (χ1n) is 7.57. The first kappa shape index (κ1) is 19.7. The number of ether oxygens (including phenoxy) is 1. The van der Waals surface area contributed by atoms with Gasteiger partial charge >= 0.3 is 0 Å². The van der Waals surface area contributed by atoms with Gasteiger partial charge in [0.2, 0.25) is 15.9 Å². The highest BCUT2D eigenvalue weighted by Gasteiger charge is 2.29. The number of benzene rings is 1. The van der Waals surface area contributed by atoms with Gasteiger partial charge in [0.15, 0.2) is 0 Å². The minimum Gasteiger partial charge on any atom is -0.378 e. The SMILES string of the molecule is CSCC[C@H](NS(=O)(=O)c1ccc(Br)cc1)C(=O)N1CCOCC1. The molecule has 24 heavy (non-hydrogen) atoms. The van der Waals surface area contributed by atoms with Crippen molar-refractivity contribution in [2.45, 2.75) is 17.4 Å². The number of hydrogen-bond donors (Lipinski definition) is 1. The number of amides is 1. The molecule has 1 heterocycles. The number of thioether (sulfide) groups is 1. The molecule has 1 fully saturated rings. The molecule has 6 nitrogen and oxygen atoms in total. The van der Waals surface area contributed by atoms with Crippen molar-refractivity contribution >= 4 is 43.6 Å². The molecule has 0 saturated carbocycles. The van der Waals surface area contributed by atoms with Gasteiger partial charge in [-0.05, 0) is 42.7 Å². The van der Waals surface area contributed by atoms with Crippen LogP contribution in [0, 0.1) is 0 Å². The van der Waals surface area contributed by atoms with E-state index >= 15 is 0 Å². The third-order valence-corrected chi connectivity index (χ3v) is 6.31. The summed E-state index contributed by atoms with van der Waals surface area (Å²) >= 11 is 4.86. The number of hydrogen-bond acceptors (Lipinski definition) is 5. The lowest BCUT2D eigenvalue weighted by molar-refractivity contribution is -0.137. The Hall–Kier alpha value is -0.610. The van der Waals surface area contributed by atoms with Crippen molar-refractivity contribution in [2.24, 2.45) is 0 Å². The monoisotopic (exact) mass is 436 g/mol. The fourth-order valence-corrected chi connectivity index (χ4v) is 4.30. The number of halogens is 1. The van der Waals surface area contributed by atoms with Crippen LogP contribution in [0.3, 0.4) is 0 Å². The van der Waals surface area contributed by atoms with Gasteiger partial charge in [0.1, 0.15) is 6.04 Å². The van der Waals surface area contributed by atoms with E-state index in [0.717, 1.165) is 4.47 Å². The van der Waals surface area contributed by atoms with Crippen LogP contribution in [0.15, 0.2) is 33.6 Å². The molecule has 1 amide bonds. The fraction of sp³-hybridized carbons (Fsp3) is 0.533. The molecule has 134 valence electrons. The summed E-state index contributed by atoms with van der Waals surface area (Å²) in [6.07, 6.45) is 2.38. The second-order valence-electron chi connectivity index (χ2n) is 5.35. The Morgan fingerprint density at radius 2 is 1.96 bits per heavy atom. The molecular weight excluding hydrogens is 416 g/mol. The van der Waals surface area contributed by atoms with Crippen molar-refractivity contribution in [1.29, 1.82) is 0 Å². The van der Waals surface area contributed by atoms with Crippen LogP contribution in [0.25, 0.3) is 0 Å². The van der Waals surface area contributed by atoms with E-state index in [0.29, 0.717) is 38.5 Å². The van der Waals surface area contributed by atoms with Crippen molar-refractivity contribution in [3.63, 3.8) is 0 Å². The highest BCUT2D eigenvalue weighted by molar-refractivity contribution is 9.10. The van der Waals surface area contributed by atoms with E-state index in [-0.39, 0.29) is 10.8 Å². The van der Waals surface area contributed by atoms with Gasteiger partial charge in [-0.15, -0.1) is 0 Å². The molecule has 0 radical (unpaired) electrons. The molecule has 0 aromatic heterocycles. The van der Waals surface area contributed by atoms with Gasteiger partial charge < -0.3 is 9.64 Å². The van der Waals surface area contributed by atoms with Crippen LogP contribution in [0.4, 0.5) is 0 Å². The Balaban J connectivity index is 2.14. The predicted molar refractivity (Wildman–Crippen MR) is 98.6 cm³/mol. The topological polar surface area (TPSA) is 75.7 Å². The quantitative estimate of drug-likeness (QED) is 0.703. The Kier molecular flexibility index (Phi) is 7.55. The van der Waals surface area contributed by atoms with Crippen LogP contribution in [0.2, 0.25) is 0 Å². The molecule has 1 saturated heterocycles. The molecule has 0 bridgehead atoms. The third-order valence-electron chi connectivity index (χ3n) is 3.65. The lowest BCUT2D eigenvalue weighted by Crippen LogP contribution is -2.51. The lowest BCUT2D eigenvalue weighted by atomic mass is 10.2. The number of nitrogens with one attached hydrogen (secondary N) is 1. The molecule has 0 spiro atoms. The highest BCUT2D eigenvalue weighted by Crippen LogP contribution is 2.16. The normalized spacial score (nSPS) is 16.8. The zero-order valence-corrected chi connectivity index (χ0v) is 16.6. The molecule has 0 unspecified atom stereocenters. The fourth-order valence-electron chi connectivity index (χ4n) is 2.34. The average Bonchev–Trinajstić information content (AvgIpc) is 2.59. The Labute approximate surface area is 155 Å². The summed E-state index contributed by atoms with van der Waals surface area (Å²) in [5.74, 6) is 0.511. The number of nitrogens with zero attached hydrogens (tertiary/aromatic N) is 1. The summed E-state index contributed by atoms with van der Waals surface area (Å²) in [5.41, 5.74) is 0. The Bertz CT molecular complexity index is 646. The maximum atomic E-state index is 12.7. The van der Waals surface area contributed by atoms with Crippen molar-refractivity contribution in [2.75, 3.05) is 38.3 Å². The molecule has 0 aliphatic carbocycles. The second kappa shape index (κ2) is 9.19. The van der Waals surface area contributed by atoms with Gasteiger partial charge in [0.25, 0.3) is 0 Å². The molecule has 9 heteroatoms. The maximum Gasteiger partial charge on any atom is 0.241 e. The zero-order valence-electron chi connectivity index (χ0n) is 13.4. The lowest BCUT2D eigenvalue weighted by Gasteiger charge is -2.30. The number of morpholine rings is 1. The van der Waals surface area contributed by atoms with Crippen LogP contribution >= 0.6 is 27.7 Å². The maximum absolute atomic E-state index is 12.7. The van der Waals surface area contributed by atoms with Crippen molar-refractivity contribution in [3.8, 4) is 0 Å². The molecule has 2 rings (SSSR count). The number of carbonyl (C=O) groups is 1. The van der Waals surface area contributed by atoms with Gasteiger partial charge in [-0.25, -0.2) is 8.42 Å². The highest BCUT2D eigenvalue weighted by atomic mass is 79.9. The van der Waals surface area contributed by atoms with Gasteiger partial charge in [-0.2, -0.15) is 16.5 Å². The van der Waals surface area contributed by atoms with E-state index in [9.17, 15) is 13.2 Å². The summed E-state index contributed by atoms with van der Waals surface area (Å²) in [5, 5.41) is 0. The Morgan fingerprint density at radius 3 is 2.54 bits per heavy atom. The van der Waals surface area contributed by atoms with Gasteiger partial charge in [-0.3, -0.25) is 4.79 Å². The molecule has 1 atom stereocenters. The van der Waals surface area contributed by atoms with Gasteiger partial charge in [0, 0.05) is 17.6 Å². The molecule has 1 aromatic carbocycles. The predicted octanol–water partition coefficient (Wildman–Crippen LogP) is 1.71. The van der Waals surface area contributed by atoms with E-state index < -0.39 is 16.1 Å². The second-order valence-corrected chi connectivity index (χ2v) is 8.96. The first-order valence-corrected chi connectivity index (χ1v) is 11.2. The summed E-state index contributed by atoms with van der Waals surface area (Å²) in [6, 6.07) is 5.59. The molecule has 1 aliphatic rings. The molecule has 1 aliphatic heterocycles. The summed E-state index contributed by atoms with van der Waals surface area (Å²) in [7, 11) is -3.75. The minimum atomic E-state index is -3.75. The zero-order chi connectivity index (χ0) is 17.6. The average molecular weight is 437 g/mol. The van der Waals surface area contributed by atoms with E-state index in [4.69, 9.17) is 4.74 Å². The van der Waals surface area contributed by atoms with Crippen LogP contribution in [0.1, 0.15) is 6.42 Å². The standard InChI is InChI=1S/C15H21BrN2O4S2/c1-23-11-6-14(15(19)18-7-9-22-10-8-18)17-24(20,21)13-4-2-12(16)3-5-13/h2-5,14,17H,6-11H2,1H3/t14-/m0/s1. The minimum absolute atomic E-state index is 0.148. The van der Waals surface area contributed by atoms with Crippen LogP contribution in [0.5, 0.6) is 0 Å². The van der Waals surface area contributed by atoms with Crippen LogP contribution in [-0.4, -0.2) is 63.6 Å². The summed E-state index contributed by atoms with van der Waals surface area (Å²) in [4.78, 5) is 14.5.